The van der Waals surface area contributed by atoms with Gasteiger partial charge in [0.25, 0.3) is 0 Å². The Morgan fingerprint density at radius 1 is 0.750 bits per heavy atom. The third-order valence-electron chi connectivity index (χ3n) is 10.5. The van der Waals surface area contributed by atoms with E-state index in [4.69, 9.17) is 4.98 Å². The maximum absolute atomic E-state index is 15.3. The quantitative estimate of drug-likeness (QED) is 0.123. The van der Waals surface area contributed by atoms with Crippen LogP contribution in [0.1, 0.15) is 36.2 Å². The van der Waals surface area contributed by atoms with Crippen molar-refractivity contribution in [2.45, 2.75) is 19.3 Å². The molecule has 3 nitrogen and oxygen atoms in total. The highest BCUT2D eigenvalue weighted by molar-refractivity contribution is 7.83. The molecule has 2 heterocycles. The van der Waals surface area contributed by atoms with Gasteiger partial charge in [0, 0.05) is 27.4 Å². The molecule has 0 saturated heterocycles. The van der Waals surface area contributed by atoms with Crippen LogP contribution in [-0.2, 0) is 4.57 Å². The second kappa shape index (κ2) is 12.9. The molecule has 4 heteroatoms. The van der Waals surface area contributed by atoms with Crippen LogP contribution >= 0.6 is 7.14 Å². The molecule has 2 unspecified atom stereocenters. The van der Waals surface area contributed by atoms with Crippen molar-refractivity contribution in [2.24, 2.45) is 0 Å². The molecule has 2 atom stereocenters. The SMILES string of the molecule is C=C(/C=C\C=C/C)P(=O)(c1ccccc1)c1cccc2c(-c3ccc(C4=CCC5C(=C4)c4ccccc4-n4c5nc5ccccc54)cc3)cccc12. The zero-order valence-corrected chi connectivity index (χ0v) is 29.9. The molecular weight excluding hydrogens is 652 g/mol. The van der Waals surface area contributed by atoms with Crippen LogP contribution in [-0.4, -0.2) is 9.55 Å². The average molecular weight is 689 g/mol. The van der Waals surface area contributed by atoms with E-state index < -0.39 is 7.14 Å². The van der Waals surface area contributed by atoms with Crippen molar-refractivity contribution in [1.29, 1.82) is 0 Å². The Bertz CT molecular complexity index is 2710. The van der Waals surface area contributed by atoms with Gasteiger partial charge in [-0.15, -0.1) is 0 Å². The average Bonchev–Trinajstić information content (AvgIpc) is 3.61. The van der Waals surface area contributed by atoms with E-state index >= 15 is 4.57 Å². The molecule has 0 N–H and O–H groups in total. The Morgan fingerprint density at radius 3 is 2.31 bits per heavy atom. The minimum atomic E-state index is -3.24. The minimum absolute atomic E-state index is 0.205. The Hall–Kier alpha value is -6.02. The van der Waals surface area contributed by atoms with E-state index in [2.05, 4.69) is 120 Å². The number of nitrogens with zero attached hydrogens (tertiary/aromatic N) is 2. The second-order valence-corrected chi connectivity index (χ2v) is 16.2. The lowest BCUT2D eigenvalue weighted by atomic mass is 9.79. The van der Waals surface area contributed by atoms with Crippen LogP contribution in [0.25, 0.3) is 49.8 Å². The Kier molecular flexibility index (Phi) is 7.95. The summed E-state index contributed by atoms with van der Waals surface area (Å²) < 4.78 is 17.6. The lowest BCUT2D eigenvalue weighted by Gasteiger charge is -2.31. The highest BCUT2D eigenvalue weighted by atomic mass is 31.2. The monoisotopic (exact) mass is 688 g/mol. The molecule has 1 aromatic heterocycles. The molecule has 2 aliphatic rings. The summed E-state index contributed by atoms with van der Waals surface area (Å²) in [6.07, 6.45) is 13.3. The first kappa shape index (κ1) is 31.9. The van der Waals surface area contributed by atoms with Crippen LogP contribution in [0.15, 0.2) is 188 Å². The summed E-state index contributed by atoms with van der Waals surface area (Å²) in [5, 5.41) is 4.23. The molecular formula is C48H37N2OP. The van der Waals surface area contributed by atoms with Crippen molar-refractivity contribution in [3.8, 4) is 16.8 Å². The molecule has 6 aromatic carbocycles. The van der Waals surface area contributed by atoms with Gasteiger partial charge in [0.1, 0.15) is 5.82 Å². The lowest BCUT2D eigenvalue weighted by molar-refractivity contribution is 0.591. The van der Waals surface area contributed by atoms with Crippen LogP contribution in [0.4, 0.5) is 0 Å². The van der Waals surface area contributed by atoms with Crippen LogP contribution < -0.4 is 10.6 Å². The number of para-hydroxylation sites is 3. The van der Waals surface area contributed by atoms with Crippen molar-refractivity contribution in [1.82, 2.24) is 9.55 Å². The number of benzene rings is 6. The van der Waals surface area contributed by atoms with Crippen molar-refractivity contribution < 1.29 is 4.57 Å². The number of hydrogen-bond donors (Lipinski definition) is 0. The first-order valence-electron chi connectivity index (χ1n) is 17.8. The highest BCUT2D eigenvalue weighted by Gasteiger charge is 2.34. The molecule has 0 amide bonds. The lowest BCUT2D eigenvalue weighted by Crippen LogP contribution is -2.18. The molecule has 9 rings (SSSR count). The summed E-state index contributed by atoms with van der Waals surface area (Å²) in [6, 6.07) is 48.3. The molecule has 0 bridgehead atoms. The van der Waals surface area contributed by atoms with Gasteiger partial charge in [-0.2, -0.15) is 0 Å². The van der Waals surface area contributed by atoms with E-state index in [1.54, 1.807) is 0 Å². The van der Waals surface area contributed by atoms with Gasteiger partial charge in [0.15, 0.2) is 7.14 Å². The topological polar surface area (TPSA) is 34.9 Å². The number of fused-ring (bicyclic) bond motifs is 9. The number of aromatic nitrogens is 2. The number of imidazole rings is 1. The van der Waals surface area contributed by atoms with Crippen molar-refractivity contribution in [3.05, 3.63) is 205 Å². The molecule has 0 spiro atoms. The molecule has 52 heavy (non-hydrogen) atoms. The first-order chi connectivity index (χ1) is 25.6. The van der Waals surface area contributed by atoms with Gasteiger partial charge in [0.05, 0.1) is 16.7 Å². The van der Waals surface area contributed by atoms with Gasteiger partial charge in [-0.05, 0) is 70.2 Å². The summed E-state index contributed by atoms with van der Waals surface area (Å²) >= 11 is 0. The van der Waals surface area contributed by atoms with Gasteiger partial charge in [0.2, 0.25) is 0 Å². The molecule has 0 saturated carbocycles. The van der Waals surface area contributed by atoms with Crippen molar-refractivity contribution in [3.63, 3.8) is 0 Å². The Labute approximate surface area is 304 Å². The fraction of sp³-hybridized carbons (Fsp3) is 0.0625. The normalized spacial score (nSPS) is 16.3. The number of rotatable bonds is 7. The molecule has 0 radical (unpaired) electrons. The molecule has 0 fully saturated rings. The third kappa shape index (κ3) is 5.12. The van der Waals surface area contributed by atoms with E-state index in [0.29, 0.717) is 5.31 Å². The van der Waals surface area contributed by atoms with Gasteiger partial charge < -0.3 is 4.57 Å². The van der Waals surface area contributed by atoms with Gasteiger partial charge in [-0.1, -0.05) is 164 Å². The van der Waals surface area contributed by atoms with Gasteiger partial charge >= 0.3 is 0 Å². The molecule has 7 aromatic rings. The van der Waals surface area contributed by atoms with E-state index in [0.717, 1.165) is 55.8 Å². The molecule has 250 valence electrons. The van der Waals surface area contributed by atoms with Crippen LogP contribution in [0, 0.1) is 0 Å². The first-order valence-corrected chi connectivity index (χ1v) is 19.5. The summed E-state index contributed by atoms with van der Waals surface area (Å²) in [6.45, 7) is 6.32. The summed E-state index contributed by atoms with van der Waals surface area (Å²) in [5.41, 5.74) is 10.6. The molecule has 1 aliphatic heterocycles. The standard InChI is InChI=1S/C48H37N2OP/c1-3-4-6-15-33(2)52(51,37-16-7-5-8-17-37)47-25-14-20-39-38(19-13-21-41(39)47)35-28-26-34(27-29-35)36-30-31-42-43(32-36)40-18-9-11-23-45(40)50-46-24-12-10-22-44(46)49-48(42)50/h3-30,32,42H,2,31H2,1H3/b4-3-,15-6-. The maximum atomic E-state index is 15.3. The van der Waals surface area contributed by atoms with Crippen LogP contribution in [0.5, 0.6) is 0 Å². The largest absolute Gasteiger partial charge is 0.309 e. The predicted molar refractivity (Wildman–Crippen MR) is 220 cm³/mol. The van der Waals surface area contributed by atoms with Crippen molar-refractivity contribution in [2.75, 3.05) is 0 Å². The van der Waals surface area contributed by atoms with Crippen LogP contribution in [0.3, 0.4) is 0 Å². The maximum Gasteiger partial charge on any atom is 0.171 e. The Morgan fingerprint density at radius 2 is 1.46 bits per heavy atom. The second-order valence-electron chi connectivity index (χ2n) is 13.4. The zero-order valence-electron chi connectivity index (χ0n) is 29.0. The van der Waals surface area contributed by atoms with E-state index in [1.165, 1.54) is 28.0 Å². The number of hydrogen-bond acceptors (Lipinski definition) is 2. The van der Waals surface area contributed by atoms with E-state index in [1.807, 2.05) is 73.7 Å². The molecule has 1 aliphatic carbocycles. The summed E-state index contributed by atoms with van der Waals surface area (Å²) in [5.74, 6) is 1.32. The van der Waals surface area contributed by atoms with Crippen molar-refractivity contribution >= 4 is 50.7 Å². The highest BCUT2D eigenvalue weighted by Crippen LogP contribution is 2.53. The predicted octanol–water partition coefficient (Wildman–Crippen LogP) is 11.8. The zero-order chi connectivity index (χ0) is 35.2. The van der Waals surface area contributed by atoms with Crippen LogP contribution in [0.2, 0.25) is 0 Å². The van der Waals surface area contributed by atoms with Gasteiger partial charge in [-0.3, -0.25) is 4.57 Å². The summed E-state index contributed by atoms with van der Waals surface area (Å²) in [7, 11) is -3.24. The minimum Gasteiger partial charge on any atom is -0.309 e. The third-order valence-corrected chi connectivity index (χ3v) is 13.6. The fourth-order valence-corrected chi connectivity index (χ4v) is 10.6. The van der Waals surface area contributed by atoms with E-state index in [-0.39, 0.29) is 5.92 Å². The Balaban J connectivity index is 1.09. The number of allylic oxidation sites excluding steroid dienone is 9. The van der Waals surface area contributed by atoms with E-state index in [9.17, 15) is 0 Å². The smallest absolute Gasteiger partial charge is 0.171 e. The fourth-order valence-electron chi connectivity index (χ4n) is 8.00. The van der Waals surface area contributed by atoms with Gasteiger partial charge in [-0.25, -0.2) is 4.98 Å². The summed E-state index contributed by atoms with van der Waals surface area (Å²) in [4.78, 5) is 5.13.